The van der Waals surface area contributed by atoms with E-state index in [2.05, 4.69) is 12.6 Å². The molecule has 34 heavy (non-hydrogen) atoms. The zero-order valence-corrected chi connectivity index (χ0v) is 21.0. The van der Waals surface area contributed by atoms with Gasteiger partial charge >= 0.3 is 12.1 Å². The number of hydrogen-bond donors (Lipinski definition) is 1. The van der Waals surface area contributed by atoms with Crippen LogP contribution in [0.5, 0.6) is 0 Å². The zero-order chi connectivity index (χ0) is 25.1. The quantitative estimate of drug-likeness (QED) is 0.101. The van der Waals surface area contributed by atoms with Crippen molar-refractivity contribution in [3.05, 3.63) is 35.9 Å². The van der Waals surface area contributed by atoms with Crippen LogP contribution in [-0.2, 0) is 16.1 Å². The normalized spacial score (nSPS) is 13.4. The zero-order valence-electron chi connectivity index (χ0n) is 20.1. The van der Waals surface area contributed by atoms with Crippen LogP contribution in [0.15, 0.2) is 30.3 Å². The molecule has 0 N–H and O–H groups in total. The van der Waals surface area contributed by atoms with Crippen LogP contribution < -0.4 is 0 Å². The molecule has 8 heteroatoms. The number of hydrogen-bond acceptors (Lipinski definition) is 3. The van der Waals surface area contributed by atoms with Gasteiger partial charge in [-0.25, -0.2) is 0 Å². The summed E-state index contributed by atoms with van der Waals surface area (Å²) in [5, 5.41) is 0. The van der Waals surface area contributed by atoms with Gasteiger partial charge in [-0.05, 0) is 18.4 Å². The van der Waals surface area contributed by atoms with Crippen molar-refractivity contribution in [3.63, 3.8) is 0 Å². The van der Waals surface area contributed by atoms with E-state index in [1.165, 1.54) is 19.3 Å². The van der Waals surface area contributed by atoms with Gasteiger partial charge in [0, 0.05) is 18.8 Å². The Morgan fingerprint density at radius 3 is 1.71 bits per heavy atom. The van der Waals surface area contributed by atoms with E-state index in [1.54, 1.807) is 0 Å². The van der Waals surface area contributed by atoms with E-state index in [0.29, 0.717) is 25.4 Å². The number of alkyl halides is 5. The van der Waals surface area contributed by atoms with Crippen LogP contribution in [0, 0.1) is 0 Å². The van der Waals surface area contributed by atoms with Crippen molar-refractivity contribution in [2.24, 2.45) is 0 Å². The Hall–Kier alpha value is -0.860. The lowest BCUT2D eigenvalue weighted by Gasteiger charge is -2.19. The molecule has 1 unspecified atom stereocenters. The summed E-state index contributed by atoms with van der Waals surface area (Å²) in [4.78, 5) is 0. The minimum Gasteiger partial charge on any atom is -0.379 e. The van der Waals surface area contributed by atoms with Gasteiger partial charge in [-0.3, -0.25) is 0 Å². The summed E-state index contributed by atoms with van der Waals surface area (Å²) in [5.41, 5.74) is 1.14. The van der Waals surface area contributed by atoms with Crippen molar-refractivity contribution < 1.29 is 31.4 Å². The van der Waals surface area contributed by atoms with Gasteiger partial charge in [0.25, 0.3) is 0 Å². The van der Waals surface area contributed by atoms with Gasteiger partial charge < -0.3 is 9.47 Å². The minimum atomic E-state index is -5.42. The molecule has 0 heterocycles. The minimum absolute atomic E-state index is 0.00984. The lowest BCUT2D eigenvalue weighted by molar-refractivity contribution is -0.284. The lowest BCUT2D eigenvalue weighted by atomic mass is 10.0. The summed E-state index contributed by atoms with van der Waals surface area (Å²) >= 11 is 4.34. The van der Waals surface area contributed by atoms with Gasteiger partial charge in [0.2, 0.25) is 0 Å². The molecule has 0 bridgehead atoms. The Bertz CT molecular complexity index is 599. The summed E-state index contributed by atoms with van der Waals surface area (Å²) < 4.78 is 73.4. The van der Waals surface area contributed by atoms with E-state index in [0.717, 1.165) is 57.1 Å². The molecule has 0 fully saturated rings. The highest BCUT2D eigenvalue weighted by Gasteiger charge is 2.56. The second kappa shape index (κ2) is 18.4. The van der Waals surface area contributed by atoms with E-state index >= 15 is 0 Å². The summed E-state index contributed by atoms with van der Waals surface area (Å²) in [6.07, 6.45) is 4.41. The summed E-state index contributed by atoms with van der Waals surface area (Å²) in [7, 11) is 0. The SMILES string of the molecule is FC(F)(F)C(F)(F)CCCCCCCCCCCCCCOCC(CS)OCc1ccccc1. The molecule has 0 saturated heterocycles. The predicted molar refractivity (Wildman–Crippen MR) is 131 cm³/mol. The van der Waals surface area contributed by atoms with Crippen molar-refractivity contribution in [2.75, 3.05) is 19.0 Å². The van der Waals surface area contributed by atoms with Gasteiger partial charge in [0.1, 0.15) is 0 Å². The number of thiol groups is 1. The molecule has 1 atom stereocenters. The highest BCUT2D eigenvalue weighted by Crippen LogP contribution is 2.39. The van der Waals surface area contributed by atoms with E-state index in [9.17, 15) is 22.0 Å². The Balaban J connectivity index is 1.84. The summed E-state index contributed by atoms with van der Waals surface area (Å²) in [6, 6.07) is 10.0. The van der Waals surface area contributed by atoms with Crippen LogP contribution in [0.3, 0.4) is 0 Å². The molecule has 0 amide bonds. The second-order valence-corrected chi connectivity index (χ2v) is 9.24. The molecular formula is C26H41F5O2S. The van der Waals surface area contributed by atoms with Gasteiger partial charge in [0.05, 0.1) is 19.3 Å². The lowest BCUT2D eigenvalue weighted by Crippen LogP contribution is -2.36. The monoisotopic (exact) mass is 512 g/mol. The fourth-order valence-electron chi connectivity index (χ4n) is 3.62. The Morgan fingerprint density at radius 1 is 0.706 bits per heavy atom. The first kappa shape index (κ1) is 31.2. The van der Waals surface area contributed by atoms with Crippen molar-refractivity contribution in [2.45, 2.75) is 108 Å². The molecule has 2 nitrogen and oxygen atoms in total. The first-order valence-corrected chi connectivity index (χ1v) is 13.2. The smallest absolute Gasteiger partial charge is 0.379 e. The first-order chi connectivity index (χ1) is 16.3. The van der Waals surface area contributed by atoms with E-state index in [4.69, 9.17) is 9.47 Å². The average molecular weight is 513 g/mol. The fourth-order valence-corrected chi connectivity index (χ4v) is 3.83. The van der Waals surface area contributed by atoms with Crippen LogP contribution in [0.1, 0.15) is 89.0 Å². The maximum atomic E-state index is 12.8. The van der Waals surface area contributed by atoms with Gasteiger partial charge in [-0.1, -0.05) is 94.5 Å². The van der Waals surface area contributed by atoms with Crippen LogP contribution in [0.4, 0.5) is 22.0 Å². The Labute approximate surface area is 207 Å². The topological polar surface area (TPSA) is 18.5 Å². The molecule has 0 aromatic heterocycles. The van der Waals surface area contributed by atoms with Gasteiger partial charge in [0.15, 0.2) is 0 Å². The molecule has 198 valence electrons. The third-order valence-corrected chi connectivity index (χ3v) is 6.19. The average Bonchev–Trinajstić information content (AvgIpc) is 2.80. The van der Waals surface area contributed by atoms with E-state index < -0.39 is 18.5 Å². The molecule has 1 rings (SSSR count). The second-order valence-electron chi connectivity index (χ2n) is 8.87. The van der Waals surface area contributed by atoms with Crippen LogP contribution in [-0.4, -0.2) is 37.2 Å². The maximum absolute atomic E-state index is 12.8. The largest absolute Gasteiger partial charge is 0.453 e. The molecular weight excluding hydrogens is 471 g/mol. The molecule has 0 aliphatic rings. The fraction of sp³-hybridized carbons (Fsp3) is 0.769. The van der Waals surface area contributed by atoms with Gasteiger partial charge in [-0.2, -0.15) is 34.6 Å². The van der Waals surface area contributed by atoms with Crippen LogP contribution >= 0.6 is 12.6 Å². The molecule has 0 radical (unpaired) electrons. The first-order valence-electron chi connectivity index (χ1n) is 12.5. The highest BCUT2D eigenvalue weighted by atomic mass is 32.1. The molecule has 0 aliphatic carbocycles. The van der Waals surface area contributed by atoms with Gasteiger partial charge in [-0.15, -0.1) is 0 Å². The van der Waals surface area contributed by atoms with Crippen molar-refractivity contribution >= 4 is 12.6 Å². The summed E-state index contributed by atoms with van der Waals surface area (Å²) in [6.45, 7) is 1.85. The predicted octanol–water partition coefficient (Wildman–Crippen LogP) is 8.79. The molecule has 1 aromatic rings. The van der Waals surface area contributed by atoms with Crippen LogP contribution in [0.25, 0.3) is 0 Å². The molecule has 0 aliphatic heterocycles. The van der Waals surface area contributed by atoms with Crippen LogP contribution in [0.2, 0.25) is 0 Å². The Kier molecular flexibility index (Phi) is 16.9. The van der Waals surface area contributed by atoms with E-state index in [1.807, 2.05) is 30.3 Å². The number of benzene rings is 1. The number of halogens is 5. The number of ether oxygens (including phenoxy) is 2. The summed E-state index contributed by atoms with van der Waals surface area (Å²) in [5.74, 6) is -3.92. The molecule has 0 saturated carbocycles. The third-order valence-electron chi connectivity index (χ3n) is 5.78. The Morgan fingerprint density at radius 2 is 1.21 bits per heavy atom. The molecule has 1 aromatic carbocycles. The molecule has 0 spiro atoms. The highest BCUT2D eigenvalue weighted by molar-refractivity contribution is 7.80. The van der Waals surface area contributed by atoms with Crippen molar-refractivity contribution in [1.29, 1.82) is 0 Å². The van der Waals surface area contributed by atoms with E-state index in [-0.39, 0.29) is 12.5 Å². The van der Waals surface area contributed by atoms with Crippen molar-refractivity contribution in [1.82, 2.24) is 0 Å². The number of unbranched alkanes of at least 4 members (excludes halogenated alkanes) is 11. The van der Waals surface area contributed by atoms with Crippen molar-refractivity contribution in [3.8, 4) is 0 Å². The third kappa shape index (κ3) is 15.2. The standard InChI is InChI=1S/C26H41F5O2S/c27-25(28,26(29,30)31)18-14-9-7-5-3-1-2-4-6-8-10-15-19-32-21-24(22-34)33-20-23-16-12-11-13-17-23/h11-13,16-17,24,34H,1-10,14-15,18-22H2. The number of rotatable bonds is 21. The maximum Gasteiger partial charge on any atom is 0.453 e.